The summed E-state index contributed by atoms with van der Waals surface area (Å²) in [5.41, 5.74) is 3.58. The average molecular weight is 350 g/mol. The number of para-hydroxylation sites is 2. The molecule has 1 aliphatic rings. The van der Waals surface area contributed by atoms with Crippen LogP contribution >= 0.6 is 0 Å². The number of rotatable bonds is 4. The summed E-state index contributed by atoms with van der Waals surface area (Å²) in [6.07, 6.45) is 5.71. The molecule has 0 unspecified atom stereocenters. The van der Waals surface area contributed by atoms with Crippen molar-refractivity contribution in [3.8, 4) is 5.82 Å². The molecule has 132 valence electrons. The zero-order valence-corrected chi connectivity index (χ0v) is 14.3. The second kappa shape index (κ2) is 6.38. The van der Waals surface area contributed by atoms with Gasteiger partial charge >= 0.3 is 5.95 Å². The van der Waals surface area contributed by atoms with Gasteiger partial charge in [-0.2, -0.15) is 9.55 Å². The molecule has 0 atom stereocenters. The van der Waals surface area contributed by atoms with Crippen molar-refractivity contribution < 1.29 is 9.30 Å². The highest BCUT2D eigenvalue weighted by atomic mass is 16.5. The first kappa shape index (κ1) is 15.3. The van der Waals surface area contributed by atoms with E-state index in [1.165, 1.54) is 0 Å². The van der Waals surface area contributed by atoms with Crippen LogP contribution in [0.15, 0.2) is 36.9 Å². The van der Waals surface area contributed by atoms with Gasteiger partial charge in [-0.15, -0.1) is 0 Å². The van der Waals surface area contributed by atoms with Crippen LogP contribution in [0.25, 0.3) is 28.0 Å². The van der Waals surface area contributed by atoms with Gasteiger partial charge in [-0.25, -0.2) is 4.98 Å². The maximum Gasteiger partial charge on any atom is 0.302 e. The average Bonchev–Trinajstić information content (AvgIpc) is 3.33. The van der Waals surface area contributed by atoms with Gasteiger partial charge in [0.2, 0.25) is 0 Å². The summed E-state index contributed by atoms with van der Waals surface area (Å²) in [4.78, 5) is 20.1. The Morgan fingerprint density at radius 1 is 1.15 bits per heavy atom. The molecule has 0 radical (unpaired) electrons. The summed E-state index contributed by atoms with van der Waals surface area (Å²) in [5.74, 6) is 1.97. The fourth-order valence-corrected chi connectivity index (χ4v) is 3.44. The maximum atomic E-state index is 5.43. The van der Waals surface area contributed by atoms with Gasteiger partial charge in [0.15, 0.2) is 17.5 Å². The van der Waals surface area contributed by atoms with Crippen molar-refractivity contribution in [3.63, 3.8) is 0 Å². The Kier molecular flexibility index (Phi) is 3.75. The van der Waals surface area contributed by atoms with E-state index < -0.39 is 0 Å². The van der Waals surface area contributed by atoms with Gasteiger partial charge in [-0.05, 0) is 30.9 Å². The topological polar surface area (TPSA) is 95.4 Å². The first-order valence-electron chi connectivity index (χ1n) is 8.89. The van der Waals surface area contributed by atoms with Crippen molar-refractivity contribution >= 4 is 28.1 Å². The first-order valence-corrected chi connectivity index (χ1v) is 8.89. The maximum absolute atomic E-state index is 5.43. The summed E-state index contributed by atoms with van der Waals surface area (Å²) in [5, 5.41) is 3.39. The van der Waals surface area contributed by atoms with Crippen molar-refractivity contribution in [2.45, 2.75) is 12.8 Å². The molecule has 1 aromatic carbocycles. The molecular formula is C18H20N7O+. The molecule has 4 aromatic rings. The van der Waals surface area contributed by atoms with Gasteiger partial charge in [0.05, 0.1) is 6.33 Å². The second-order valence-electron chi connectivity index (χ2n) is 6.57. The Hall–Kier alpha value is -3.00. The van der Waals surface area contributed by atoms with E-state index in [-0.39, 0.29) is 0 Å². The molecular weight excluding hydrogens is 330 g/mol. The highest BCUT2D eigenvalue weighted by molar-refractivity contribution is 5.79. The Labute approximate surface area is 149 Å². The third kappa shape index (κ3) is 2.68. The van der Waals surface area contributed by atoms with Crippen molar-refractivity contribution in [3.05, 3.63) is 36.9 Å². The number of nitrogens with zero attached hydrogens (tertiary/aromatic N) is 4. The van der Waals surface area contributed by atoms with E-state index in [9.17, 15) is 0 Å². The molecule has 0 spiro atoms. The second-order valence-corrected chi connectivity index (χ2v) is 6.57. The number of aromatic amines is 2. The van der Waals surface area contributed by atoms with Crippen LogP contribution in [0.1, 0.15) is 12.8 Å². The Morgan fingerprint density at radius 3 is 2.96 bits per heavy atom. The minimum absolute atomic E-state index is 0.589. The third-order valence-corrected chi connectivity index (χ3v) is 4.90. The number of hydrogen-bond acceptors (Lipinski definition) is 5. The largest absolute Gasteiger partial charge is 0.381 e. The van der Waals surface area contributed by atoms with Gasteiger partial charge in [-0.3, -0.25) is 4.98 Å². The molecule has 1 saturated heterocycles. The predicted molar refractivity (Wildman–Crippen MR) is 97.1 cm³/mol. The molecule has 5 rings (SSSR count). The highest BCUT2D eigenvalue weighted by Gasteiger charge is 2.21. The fraction of sp³-hybridized carbons (Fsp3) is 0.333. The molecule has 0 aliphatic carbocycles. The number of nitrogens with one attached hydrogen (secondary N) is 3. The molecule has 3 N–H and O–H groups in total. The van der Waals surface area contributed by atoms with Gasteiger partial charge in [0, 0.05) is 19.8 Å². The number of H-pyrrole nitrogens is 2. The Morgan fingerprint density at radius 2 is 2.04 bits per heavy atom. The lowest BCUT2D eigenvalue weighted by molar-refractivity contribution is -0.569. The molecule has 0 amide bonds. The van der Waals surface area contributed by atoms with E-state index in [2.05, 4.69) is 31.3 Å². The van der Waals surface area contributed by atoms with Gasteiger partial charge in [0.25, 0.3) is 5.82 Å². The molecule has 1 aliphatic heterocycles. The van der Waals surface area contributed by atoms with Crippen LogP contribution in [0.2, 0.25) is 0 Å². The molecule has 4 heterocycles. The number of hydrogen-bond donors (Lipinski definition) is 3. The molecule has 8 nitrogen and oxygen atoms in total. The molecule has 1 fully saturated rings. The molecule has 0 bridgehead atoms. The fourth-order valence-electron chi connectivity index (χ4n) is 3.44. The molecule has 8 heteroatoms. The number of benzene rings is 1. The highest BCUT2D eigenvalue weighted by Crippen LogP contribution is 2.18. The Bertz CT molecular complexity index is 1050. The van der Waals surface area contributed by atoms with Crippen LogP contribution < -0.4 is 9.88 Å². The van der Waals surface area contributed by atoms with E-state index in [0.717, 1.165) is 55.0 Å². The van der Waals surface area contributed by atoms with E-state index in [4.69, 9.17) is 9.72 Å². The van der Waals surface area contributed by atoms with Crippen LogP contribution in [0.3, 0.4) is 0 Å². The van der Waals surface area contributed by atoms with Crippen LogP contribution in [-0.4, -0.2) is 44.7 Å². The zero-order valence-electron chi connectivity index (χ0n) is 14.3. The number of imidazole rings is 2. The monoisotopic (exact) mass is 350 g/mol. The van der Waals surface area contributed by atoms with Gasteiger partial charge < -0.3 is 15.0 Å². The van der Waals surface area contributed by atoms with E-state index >= 15 is 0 Å². The van der Waals surface area contributed by atoms with Crippen LogP contribution in [-0.2, 0) is 4.74 Å². The minimum atomic E-state index is 0.589. The van der Waals surface area contributed by atoms with Gasteiger partial charge in [-0.1, -0.05) is 17.1 Å². The lowest BCUT2D eigenvalue weighted by atomic mass is 10.0. The lowest BCUT2D eigenvalue weighted by Gasteiger charge is -2.21. The normalized spacial score (nSPS) is 15.7. The quantitative estimate of drug-likeness (QED) is 0.489. The van der Waals surface area contributed by atoms with E-state index in [0.29, 0.717) is 17.5 Å². The van der Waals surface area contributed by atoms with Crippen molar-refractivity contribution in [1.82, 2.24) is 24.9 Å². The minimum Gasteiger partial charge on any atom is -0.381 e. The van der Waals surface area contributed by atoms with E-state index in [1.807, 2.05) is 29.1 Å². The van der Waals surface area contributed by atoms with Gasteiger partial charge in [0.1, 0.15) is 11.0 Å². The number of ether oxygens (including phenoxy) is 1. The summed E-state index contributed by atoms with van der Waals surface area (Å²) < 4.78 is 7.45. The lowest BCUT2D eigenvalue weighted by Crippen LogP contribution is -2.31. The number of anilines is 1. The summed E-state index contributed by atoms with van der Waals surface area (Å²) >= 11 is 0. The third-order valence-electron chi connectivity index (χ3n) is 4.90. The number of fused-ring (bicyclic) bond motifs is 2. The number of aromatic nitrogens is 6. The summed E-state index contributed by atoms with van der Waals surface area (Å²) in [6.45, 7) is 2.52. The summed E-state index contributed by atoms with van der Waals surface area (Å²) in [7, 11) is 0. The molecule has 26 heavy (non-hydrogen) atoms. The summed E-state index contributed by atoms with van der Waals surface area (Å²) in [6, 6.07) is 8.13. The Balaban J connectivity index is 1.53. The van der Waals surface area contributed by atoms with Crippen LogP contribution in [0.5, 0.6) is 0 Å². The SMILES string of the molecule is c1ccc2c(c1)[nH]c[n+]2-c1nc(NCC2CCOCC2)nc2nc[nH]c12. The van der Waals surface area contributed by atoms with Crippen LogP contribution in [0.4, 0.5) is 5.95 Å². The standard InChI is InChI=1S/C18H19N7O/c1-2-4-14-13(3-1)22-11-25(14)17-15-16(21-10-20-15)23-18(24-17)19-9-12-5-7-26-8-6-12/h1-4,10-12H,5-9H2,(H2,19,20,21,23,24)/p+1. The zero-order chi connectivity index (χ0) is 17.3. The van der Waals surface area contributed by atoms with Crippen molar-refractivity contribution in [1.29, 1.82) is 0 Å². The van der Waals surface area contributed by atoms with E-state index in [1.54, 1.807) is 6.33 Å². The van der Waals surface area contributed by atoms with Crippen LogP contribution in [0, 0.1) is 5.92 Å². The predicted octanol–water partition coefficient (Wildman–Crippen LogP) is 1.95. The van der Waals surface area contributed by atoms with Crippen molar-refractivity contribution in [2.75, 3.05) is 25.1 Å². The molecule has 3 aromatic heterocycles. The van der Waals surface area contributed by atoms with Crippen molar-refractivity contribution in [2.24, 2.45) is 5.92 Å². The first-order chi connectivity index (χ1) is 12.9. The smallest absolute Gasteiger partial charge is 0.302 e. The molecule has 0 saturated carbocycles.